The minimum Gasteiger partial charge on any atom is -0.379 e. The van der Waals surface area contributed by atoms with Gasteiger partial charge in [-0.05, 0) is 29.3 Å². The number of rotatable bonds is 9. The number of nitrogens with two attached hydrogens (primary N) is 1. The molecule has 3 rings (SSSR count). The largest absolute Gasteiger partial charge is 0.379 e. The summed E-state index contributed by atoms with van der Waals surface area (Å²) in [5.74, 6) is 4.85. The second kappa shape index (κ2) is 11.9. The van der Waals surface area contributed by atoms with Crippen LogP contribution >= 0.6 is 15.9 Å². The number of amides is 2. The molecule has 5 N–H and O–H groups in total. The average molecular weight is 490 g/mol. The first kappa shape index (κ1) is 23.4. The van der Waals surface area contributed by atoms with E-state index in [4.69, 9.17) is 10.6 Å². The fourth-order valence-electron chi connectivity index (χ4n) is 3.48. The third-order valence-corrected chi connectivity index (χ3v) is 5.61. The van der Waals surface area contributed by atoms with E-state index in [9.17, 15) is 9.59 Å². The van der Waals surface area contributed by atoms with Crippen molar-refractivity contribution in [3.8, 4) is 0 Å². The fourth-order valence-corrected chi connectivity index (χ4v) is 3.86. The molecule has 1 heterocycles. The number of anilines is 1. The predicted molar refractivity (Wildman–Crippen MR) is 123 cm³/mol. The van der Waals surface area contributed by atoms with Crippen molar-refractivity contribution < 1.29 is 14.3 Å². The fraction of sp³-hybridized carbons (Fsp3) is 0.364. The van der Waals surface area contributed by atoms with E-state index in [-0.39, 0.29) is 24.4 Å². The number of carbonyl (C=O) groups excluding carboxylic acids is 2. The Labute approximate surface area is 190 Å². The van der Waals surface area contributed by atoms with Gasteiger partial charge in [0.15, 0.2) is 0 Å². The monoisotopic (exact) mass is 489 g/mol. The first-order valence-corrected chi connectivity index (χ1v) is 11.0. The highest BCUT2D eigenvalue weighted by Gasteiger charge is 2.20. The maximum absolute atomic E-state index is 12.7. The standard InChI is InChI=1S/C22H28BrN5O3/c23-17-6-7-19(26-20(29)8-9-28-10-12-31-13-11-28)18(14-17)22(25-15-21(30)27-24)16-4-2-1-3-5-16/h1-7,14,22,25H,8-13,15,24H2,(H,26,29)(H,27,30)/t22-/m1/s1. The Morgan fingerprint density at radius 3 is 2.55 bits per heavy atom. The van der Waals surface area contributed by atoms with Crippen LogP contribution in [-0.2, 0) is 14.3 Å². The topological polar surface area (TPSA) is 109 Å². The number of nitrogens with zero attached hydrogens (tertiary/aromatic N) is 1. The lowest BCUT2D eigenvalue weighted by Gasteiger charge is -2.26. The normalized spacial score (nSPS) is 15.3. The van der Waals surface area contributed by atoms with E-state index < -0.39 is 0 Å². The molecule has 0 bridgehead atoms. The Bertz CT molecular complexity index is 875. The van der Waals surface area contributed by atoms with E-state index in [1.165, 1.54) is 0 Å². The Morgan fingerprint density at radius 1 is 1.10 bits per heavy atom. The third-order valence-electron chi connectivity index (χ3n) is 5.12. The highest BCUT2D eigenvalue weighted by molar-refractivity contribution is 9.10. The van der Waals surface area contributed by atoms with Crippen molar-refractivity contribution in [2.75, 3.05) is 44.7 Å². The summed E-state index contributed by atoms with van der Waals surface area (Å²) in [6.45, 7) is 3.84. The van der Waals surface area contributed by atoms with Crippen LogP contribution in [0.1, 0.15) is 23.6 Å². The molecular formula is C22H28BrN5O3. The predicted octanol–water partition coefficient (Wildman–Crippen LogP) is 1.78. The molecule has 0 spiro atoms. The summed E-state index contributed by atoms with van der Waals surface area (Å²) in [5, 5.41) is 6.29. The number of hydrogen-bond donors (Lipinski definition) is 4. The molecule has 0 unspecified atom stereocenters. The lowest BCUT2D eigenvalue weighted by atomic mass is 9.97. The van der Waals surface area contributed by atoms with E-state index in [1.54, 1.807) is 0 Å². The third kappa shape index (κ3) is 7.12. The van der Waals surface area contributed by atoms with E-state index >= 15 is 0 Å². The summed E-state index contributed by atoms with van der Waals surface area (Å²) in [5.41, 5.74) is 4.65. The Morgan fingerprint density at radius 2 is 1.84 bits per heavy atom. The number of carbonyl (C=O) groups is 2. The summed E-state index contributed by atoms with van der Waals surface area (Å²) in [6.07, 6.45) is 0.397. The molecule has 8 nitrogen and oxygen atoms in total. The van der Waals surface area contributed by atoms with E-state index in [0.29, 0.717) is 31.9 Å². The lowest BCUT2D eigenvalue weighted by molar-refractivity contribution is -0.120. The second-order valence-corrected chi connectivity index (χ2v) is 8.19. The van der Waals surface area contributed by atoms with Crippen molar-refractivity contribution in [2.45, 2.75) is 12.5 Å². The minimum atomic E-state index is -0.327. The molecule has 0 saturated carbocycles. The highest BCUT2D eigenvalue weighted by Crippen LogP contribution is 2.31. The number of hydrogen-bond acceptors (Lipinski definition) is 6. The number of halogens is 1. The van der Waals surface area contributed by atoms with Gasteiger partial charge in [0.05, 0.1) is 25.8 Å². The molecule has 1 aliphatic heterocycles. The Balaban J connectivity index is 1.78. The van der Waals surface area contributed by atoms with Crippen molar-refractivity contribution in [3.63, 3.8) is 0 Å². The molecule has 0 aromatic heterocycles. The molecule has 0 radical (unpaired) electrons. The van der Waals surface area contributed by atoms with Gasteiger partial charge in [-0.1, -0.05) is 46.3 Å². The number of hydrazine groups is 1. The van der Waals surface area contributed by atoms with Crippen LogP contribution in [0.25, 0.3) is 0 Å². The molecule has 1 fully saturated rings. The van der Waals surface area contributed by atoms with Crippen molar-refractivity contribution in [1.82, 2.24) is 15.6 Å². The van der Waals surface area contributed by atoms with Gasteiger partial charge in [0.2, 0.25) is 11.8 Å². The van der Waals surface area contributed by atoms with Crippen LogP contribution in [0.15, 0.2) is 53.0 Å². The summed E-state index contributed by atoms with van der Waals surface area (Å²) in [6, 6.07) is 15.1. The quantitative estimate of drug-likeness (QED) is 0.243. The summed E-state index contributed by atoms with van der Waals surface area (Å²) < 4.78 is 6.23. The molecule has 1 aliphatic rings. The molecule has 2 aromatic rings. The smallest absolute Gasteiger partial charge is 0.247 e. The van der Waals surface area contributed by atoms with Crippen LogP contribution < -0.4 is 21.9 Å². The number of nitrogens with one attached hydrogen (secondary N) is 3. The van der Waals surface area contributed by atoms with Gasteiger partial charge in [-0.15, -0.1) is 0 Å². The zero-order valence-electron chi connectivity index (χ0n) is 17.3. The van der Waals surface area contributed by atoms with E-state index in [1.807, 2.05) is 48.5 Å². The van der Waals surface area contributed by atoms with Gasteiger partial charge in [0, 0.05) is 36.2 Å². The van der Waals surface area contributed by atoms with Crippen LogP contribution in [0.4, 0.5) is 5.69 Å². The van der Waals surface area contributed by atoms with Crippen LogP contribution in [0.3, 0.4) is 0 Å². The molecule has 166 valence electrons. The van der Waals surface area contributed by atoms with Crippen LogP contribution in [0.5, 0.6) is 0 Å². The SMILES string of the molecule is NNC(=O)CN[C@H](c1ccccc1)c1cc(Br)ccc1NC(=O)CCN1CCOCC1. The lowest BCUT2D eigenvalue weighted by Crippen LogP contribution is -2.39. The maximum atomic E-state index is 12.7. The Hall–Kier alpha value is -2.30. The summed E-state index contributed by atoms with van der Waals surface area (Å²) in [4.78, 5) is 26.7. The molecule has 1 saturated heterocycles. The Kier molecular flexibility index (Phi) is 8.98. The highest BCUT2D eigenvalue weighted by atomic mass is 79.9. The summed E-state index contributed by atoms with van der Waals surface area (Å²) in [7, 11) is 0. The molecule has 2 amide bonds. The van der Waals surface area contributed by atoms with Crippen molar-refractivity contribution in [2.24, 2.45) is 5.84 Å². The molecule has 31 heavy (non-hydrogen) atoms. The van der Waals surface area contributed by atoms with Crippen molar-refractivity contribution in [3.05, 3.63) is 64.1 Å². The van der Waals surface area contributed by atoms with Gasteiger partial charge in [0.25, 0.3) is 0 Å². The maximum Gasteiger partial charge on any atom is 0.247 e. The average Bonchev–Trinajstić information content (AvgIpc) is 2.80. The number of ether oxygens (including phenoxy) is 1. The van der Waals surface area contributed by atoms with Crippen LogP contribution in [0.2, 0.25) is 0 Å². The molecular weight excluding hydrogens is 462 g/mol. The van der Waals surface area contributed by atoms with Crippen LogP contribution in [-0.4, -0.2) is 56.1 Å². The van der Waals surface area contributed by atoms with Gasteiger partial charge in [0.1, 0.15) is 0 Å². The zero-order chi connectivity index (χ0) is 22.1. The minimum absolute atomic E-state index is 0.0347. The number of benzene rings is 2. The number of morpholine rings is 1. The molecule has 0 aliphatic carbocycles. The van der Waals surface area contributed by atoms with E-state index in [2.05, 4.69) is 36.9 Å². The van der Waals surface area contributed by atoms with Crippen molar-refractivity contribution >= 4 is 33.4 Å². The summed E-state index contributed by atoms with van der Waals surface area (Å²) >= 11 is 3.52. The first-order chi connectivity index (χ1) is 15.1. The van der Waals surface area contributed by atoms with Gasteiger partial charge in [-0.3, -0.25) is 25.2 Å². The van der Waals surface area contributed by atoms with Gasteiger partial charge in [-0.2, -0.15) is 0 Å². The van der Waals surface area contributed by atoms with Gasteiger partial charge < -0.3 is 10.1 Å². The van der Waals surface area contributed by atoms with Crippen LogP contribution in [0, 0.1) is 0 Å². The van der Waals surface area contributed by atoms with Gasteiger partial charge in [-0.25, -0.2) is 5.84 Å². The second-order valence-electron chi connectivity index (χ2n) is 7.28. The molecule has 1 atom stereocenters. The van der Waals surface area contributed by atoms with E-state index in [0.717, 1.165) is 28.7 Å². The van der Waals surface area contributed by atoms with Crippen molar-refractivity contribution in [1.29, 1.82) is 0 Å². The zero-order valence-corrected chi connectivity index (χ0v) is 18.9. The first-order valence-electron chi connectivity index (χ1n) is 10.2. The van der Waals surface area contributed by atoms with Gasteiger partial charge >= 0.3 is 0 Å². The molecule has 9 heteroatoms. The molecule has 2 aromatic carbocycles.